The van der Waals surface area contributed by atoms with Gasteiger partial charge in [-0.05, 0) is 57.0 Å². The number of rotatable bonds is 8. The van der Waals surface area contributed by atoms with E-state index in [4.69, 9.17) is 14.8 Å². The first kappa shape index (κ1) is 24.4. The third-order valence-corrected chi connectivity index (χ3v) is 7.37. The monoisotopic (exact) mass is 487 g/mol. The van der Waals surface area contributed by atoms with Crippen LogP contribution in [0.25, 0.3) is 22.4 Å². The number of H-pyrrole nitrogens is 1. The van der Waals surface area contributed by atoms with Crippen LogP contribution in [-0.2, 0) is 22.8 Å². The molecule has 4 rings (SSSR count). The number of aryl methyl sites for hydroxylation is 1. The van der Waals surface area contributed by atoms with E-state index in [1.807, 2.05) is 20.8 Å². The lowest BCUT2D eigenvalue weighted by Gasteiger charge is -2.19. The molecule has 1 atom stereocenters. The Bertz CT molecular complexity index is 1360. The SMILES string of the molecule is CCc1nn(C[C@@H]2CCCN2C)c2c(=O)[nH]c(-c3cc(S(C)(=O)=O)ccc3OCC(C)C)nc12. The van der Waals surface area contributed by atoms with E-state index in [-0.39, 0.29) is 22.2 Å². The summed E-state index contributed by atoms with van der Waals surface area (Å²) in [6, 6.07) is 4.98. The number of likely N-dealkylation sites (N-methyl/N-ethyl adjacent to an activating group) is 1. The van der Waals surface area contributed by atoms with Gasteiger partial charge in [-0.3, -0.25) is 9.48 Å². The summed E-state index contributed by atoms with van der Waals surface area (Å²) in [6.07, 6.45) is 3.98. The molecule has 2 aromatic heterocycles. The van der Waals surface area contributed by atoms with Gasteiger partial charge in [0.05, 0.1) is 29.3 Å². The molecule has 34 heavy (non-hydrogen) atoms. The molecule has 1 aliphatic heterocycles. The summed E-state index contributed by atoms with van der Waals surface area (Å²) >= 11 is 0. The lowest BCUT2D eigenvalue weighted by molar-refractivity contribution is 0.272. The Kier molecular flexibility index (Phi) is 6.82. The molecule has 0 spiro atoms. The molecular formula is C24H33N5O4S. The zero-order valence-electron chi connectivity index (χ0n) is 20.5. The highest BCUT2D eigenvalue weighted by Gasteiger charge is 2.25. The van der Waals surface area contributed by atoms with Gasteiger partial charge >= 0.3 is 0 Å². The molecule has 1 aromatic carbocycles. The normalized spacial score (nSPS) is 17.2. The largest absolute Gasteiger partial charge is 0.493 e. The first-order chi connectivity index (χ1) is 16.1. The van der Waals surface area contributed by atoms with Gasteiger partial charge in [0.25, 0.3) is 5.56 Å². The molecule has 1 N–H and O–H groups in total. The summed E-state index contributed by atoms with van der Waals surface area (Å²) in [7, 11) is -1.36. The van der Waals surface area contributed by atoms with Crippen molar-refractivity contribution in [2.24, 2.45) is 5.92 Å². The summed E-state index contributed by atoms with van der Waals surface area (Å²) in [5, 5.41) is 4.72. The second-order valence-electron chi connectivity index (χ2n) is 9.51. The molecule has 1 aliphatic rings. The molecule has 3 heterocycles. The Labute approximate surface area is 200 Å². The molecule has 184 valence electrons. The molecule has 0 saturated carbocycles. The van der Waals surface area contributed by atoms with E-state index in [1.165, 1.54) is 12.1 Å². The number of hydrogen-bond acceptors (Lipinski definition) is 7. The van der Waals surface area contributed by atoms with Crippen LogP contribution in [0.15, 0.2) is 27.9 Å². The highest BCUT2D eigenvalue weighted by Crippen LogP contribution is 2.31. The molecule has 0 unspecified atom stereocenters. The van der Waals surface area contributed by atoms with Crippen molar-refractivity contribution < 1.29 is 13.2 Å². The van der Waals surface area contributed by atoms with Gasteiger partial charge in [0.2, 0.25) is 0 Å². The van der Waals surface area contributed by atoms with Crippen LogP contribution in [0.1, 0.15) is 39.3 Å². The number of benzene rings is 1. The molecule has 0 aliphatic carbocycles. The van der Waals surface area contributed by atoms with E-state index in [2.05, 4.69) is 16.9 Å². The van der Waals surface area contributed by atoms with E-state index in [0.29, 0.717) is 48.0 Å². The molecule has 0 bridgehead atoms. The van der Waals surface area contributed by atoms with Crippen molar-refractivity contribution >= 4 is 20.9 Å². The fourth-order valence-electron chi connectivity index (χ4n) is 4.37. The van der Waals surface area contributed by atoms with Crippen molar-refractivity contribution in [3.8, 4) is 17.1 Å². The smallest absolute Gasteiger partial charge is 0.277 e. The number of nitrogens with one attached hydrogen (secondary N) is 1. The number of sulfone groups is 1. The topological polar surface area (TPSA) is 110 Å². The van der Waals surface area contributed by atoms with Crippen LogP contribution in [0.5, 0.6) is 5.75 Å². The third-order valence-electron chi connectivity index (χ3n) is 6.26. The van der Waals surface area contributed by atoms with Crippen molar-refractivity contribution in [2.75, 3.05) is 26.5 Å². The first-order valence-electron chi connectivity index (χ1n) is 11.8. The molecule has 0 radical (unpaired) electrons. The lowest BCUT2D eigenvalue weighted by Crippen LogP contribution is -2.30. The minimum Gasteiger partial charge on any atom is -0.493 e. The molecule has 0 amide bonds. The zero-order chi connectivity index (χ0) is 24.6. The van der Waals surface area contributed by atoms with Gasteiger partial charge in [-0.25, -0.2) is 13.4 Å². The number of hydrogen-bond donors (Lipinski definition) is 1. The maximum Gasteiger partial charge on any atom is 0.277 e. The number of fused-ring (bicyclic) bond motifs is 1. The number of ether oxygens (including phenoxy) is 1. The maximum absolute atomic E-state index is 13.3. The minimum absolute atomic E-state index is 0.137. The summed E-state index contributed by atoms with van der Waals surface area (Å²) in [6.45, 7) is 8.16. The van der Waals surface area contributed by atoms with Gasteiger partial charge in [0, 0.05) is 12.3 Å². The molecule has 10 heteroatoms. The quantitative estimate of drug-likeness (QED) is 0.520. The van der Waals surface area contributed by atoms with Crippen molar-refractivity contribution in [1.82, 2.24) is 24.6 Å². The molecule has 1 fully saturated rings. The number of likely N-dealkylation sites (tertiary alicyclic amines) is 1. The number of aromatic nitrogens is 4. The van der Waals surface area contributed by atoms with Gasteiger partial charge in [-0.15, -0.1) is 0 Å². The molecule has 3 aromatic rings. The van der Waals surface area contributed by atoms with Crippen LogP contribution in [0.3, 0.4) is 0 Å². The van der Waals surface area contributed by atoms with E-state index >= 15 is 0 Å². The third kappa shape index (κ3) is 4.88. The Morgan fingerprint density at radius 2 is 2.06 bits per heavy atom. The Morgan fingerprint density at radius 3 is 2.68 bits per heavy atom. The van der Waals surface area contributed by atoms with Crippen molar-refractivity contribution in [2.45, 2.75) is 57.5 Å². The van der Waals surface area contributed by atoms with Crippen LogP contribution < -0.4 is 10.3 Å². The Hall–Kier alpha value is -2.72. The second kappa shape index (κ2) is 9.50. The van der Waals surface area contributed by atoms with Gasteiger partial charge in [-0.1, -0.05) is 20.8 Å². The average molecular weight is 488 g/mol. The van der Waals surface area contributed by atoms with Gasteiger partial charge in [0.1, 0.15) is 17.1 Å². The van der Waals surface area contributed by atoms with Crippen molar-refractivity contribution in [3.05, 3.63) is 34.2 Å². The van der Waals surface area contributed by atoms with Crippen LogP contribution in [0, 0.1) is 5.92 Å². The zero-order valence-corrected chi connectivity index (χ0v) is 21.3. The van der Waals surface area contributed by atoms with Crippen LogP contribution in [0.4, 0.5) is 0 Å². The number of aromatic amines is 1. The second-order valence-corrected chi connectivity index (χ2v) is 11.5. The predicted molar refractivity (Wildman–Crippen MR) is 132 cm³/mol. The molecule has 9 nitrogen and oxygen atoms in total. The minimum atomic E-state index is -3.46. The fraction of sp³-hybridized carbons (Fsp3) is 0.542. The number of nitrogens with zero attached hydrogens (tertiary/aromatic N) is 4. The highest BCUT2D eigenvalue weighted by atomic mass is 32.2. The van der Waals surface area contributed by atoms with E-state index < -0.39 is 9.84 Å². The van der Waals surface area contributed by atoms with E-state index in [1.54, 1.807) is 10.7 Å². The summed E-state index contributed by atoms with van der Waals surface area (Å²) < 4.78 is 32.2. The van der Waals surface area contributed by atoms with E-state index in [0.717, 1.165) is 31.3 Å². The lowest BCUT2D eigenvalue weighted by atomic mass is 10.1. The first-order valence-corrected chi connectivity index (χ1v) is 13.6. The summed E-state index contributed by atoms with van der Waals surface area (Å²) in [5.41, 5.74) is 1.87. The highest BCUT2D eigenvalue weighted by molar-refractivity contribution is 7.90. The fourth-order valence-corrected chi connectivity index (χ4v) is 5.01. The van der Waals surface area contributed by atoms with E-state index in [9.17, 15) is 13.2 Å². The van der Waals surface area contributed by atoms with Gasteiger partial charge in [-0.2, -0.15) is 5.10 Å². The molecule has 1 saturated heterocycles. The Balaban J connectivity index is 1.85. The van der Waals surface area contributed by atoms with Crippen molar-refractivity contribution in [1.29, 1.82) is 0 Å². The summed E-state index contributed by atoms with van der Waals surface area (Å²) in [5.74, 6) is 1.02. The molecular weight excluding hydrogens is 454 g/mol. The van der Waals surface area contributed by atoms with Crippen LogP contribution >= 0.6 is 0 Å². The van der Waals surface area contributed by atoms with Crippen LogP contribution in [0.2, 0.25) is 0 Å². The van der Waals surface area contributed by atoms with Gasteiger partial charge < -0.3 is 14.6 Å². The van der Waals surface area contributed by atoms with Gasteiger partial charge in [0.15, 0.2) is 15.4 Å². The maximum atomic E-state index is 13.3. The van der Waals surface area contributed by atoms with Crippen LogP contribution in [-0.4, -0.2) is 65.6 Å². The predicted octanol–water partition coefficient (Wildman–Crippen LogP) is 2.88. The average Bonchev–Trinajstić information content (AvgIpc) is 3.34. The summed E-state index contributed by atoms with van der Waals surface area (Å²) in [4.78, 5) is 23.4. The standard InChI is InChI=1S/C24H33N5O4S/c1-6-19-21-22(29(27-19)13-16-8-7-11-28(16)4)24(30)26-23(25-21)18-12-17(34(5,31)32)9-10-20(18)33-14-15(2)3/h9-10,12,15-16H,6-8,11,13-14H2,1-5H3,(H,25,26,30)/t16-/m0/s1. The van der Waals surface area contributed by atoms with Crippen molar-refractivity contribution in [3.63, 3.8) is 0 Å². The Morgan fingerprint density at radius 1 is 1.29 bits per heavy atom.